The third-order valence-corrected chi connectivity index (χ3v) is 7.05. The van der Waals surface area contributed by atoms with Crippen molar-refractivity contribution in [3.8, 4) is 0 Å². The molecular formula is C29H28N2O3. The highest BCUT2D eigenvalue weighted by Gasteiger charge is 2.38. The van der Waals surface area contributed by atoms with E-state index in [0.29, 0.717) is 13.0 Å². The van der Waals surface area contributed by atoms with Crippen LogP contribution in [0, 0.1) is 5.92 Å². The number of allylic oxidation sites excluding steroid dienone is 4. The predicted molar refractivity (Wildman–Crippen MR) is 132 cm³/mol. The minimum atomic E-state index is -0.927. The summed E-state index contributed by atoms with van der Waals surface area (Å²) in [5, 5.41) is 13.4. The van der Waals surface area contributed by atoms with Crippen LogP contribution < -0.4 is 10.0 Å². The number of anilines is 1. The molecule has 3 aliphatic rings. The van der Waals surface area contributed by atoms with Crippen LogP contribution in [0.2, 0.25) is 0 Å². The van der Waals surface area contributed by atoms with E-state index < -0.39 is 17.5 Å². The molecule has 0 bridgehead atoms. The van der Waals surface area contributed by atoms with Crippen LogP contribution in [0.1, 0.15) is 37.8 Å². The minimum absolute atomic E-state index is 0.00680. The summed E-state index contributed by atoms with van der Waals surface area (Å²) in [6.45, 7) is 5.53. The number of carbonyl (C=O) groups excluding carboxylic acids is 2. The Morgan fingerprint density at radius 1 is 1.03 bits per heavy atom. The molecule has 0 fully saturated rings. The highest BCUT2D eigenvalue weighted by atomic mass is 16.3. The lowest BCUT2D eigenvalue weighted by molar-refractivity contribution is -0.441. The van der Waals surface area contributed by atoms with Crippen LogP contribution in [0.3, 0.4) is 0 Å². The van der Waals surface area contributed by atoms with Gasteiger partial charge in [0.15, 0.2) is 5.71 Å². The number of rotatable bonds is 5. The maximum Gasteiger partial charge on any atom is 0.228 e. The molecule has 5 rings (SSSR count). The van der Waals surface area contributed by atoms with Gasteiger partial charge in [-0.3, -0.25) is 9.59 Å². The highest BCUT2D eigenvalue weighted by molar-refractivity contribution is 6.48. The van der Waals surface area contributed by atoms with E-state index >= 15 is 0 Å². The molecular weight excluding hydrogens is 424 g/mol. The molecule has 2 heterocycles. The molecule has 0 amide bonds. The molecule has 1 aliphatic carbocycles. The Bertz CT molecular complexity index is 1310. The standard InChI is InChI=1S/C29H28N2O3/c1-3-30-21(15-13-19-9-5-7-11-25(19)30)17-23-27(32)24(29(34)28(23)33)18-22-16-14-20-10-6-8-12-26(20)31(22)4-2/h5-13,15,17,24H,3-4,14,16,18H2,1-2H3/b21-17+. The average molecular weight is 453 g/mol. The number of benzene rings is 2. The fraction of sp³-hybridized carbons (Fsp3) is 0.276. The van der Waals surface area contributed by atoms with Crippen LogP contribution in [-0.4, -0.2) is 34.9 Å². The predicted octanol–water partition coefficient (Wildman–Crippen LogP) is 3.95. The normalized spacial score (nSPS) is 20.9. The van der Waals surface area contributed by atoms with Gasteiger partial charge < -0.3 is 10.0 Å². The van der Waals surface area contributed by atoms with Gasteiger partial charge in [0.05, 0.1) is 0 Å². The molecule has 2 aromatic carbocycles. The molecule has 2 aromatic rings. The number of likely N-dealkylation sites (N-methyl/N-ethyl adjacent to an activating group) is 1. The summed E-state index contributed by atoms with van der Waals surface area (Å²) in [7, 11) is 0. The van der Waals surface area contributed by atoms with Crippen molar-refractivity contribution in [3.63, 3.8) is 0 Å². The fourth-order valence-electron chi connectivity index (χ4n) is 5.35. The second kappa shape index (κ2) is 8.90. The summed E-state index contributed by atoms with van der Waals surface area (Å²) >= 11 is 0. The first kappa shape index (κ1) is 22.1. The van der Waals surface area contributed by atoms with Gasteiger partial charge in [-0.1, -0.05) is 42.5 Å². The average Bonchev–Trinajstić information content (AvgIpc) is 3.06. The highest BCUT2D eigenvalue weighted by Crippen LogP contribution is 2.35. The summed E-state index contributed by atoms with van der Waals surface area (Å²) in [5.74, 6) is -2.52. The SMILES string of the molecule is CCN1/C(=C/C2=C([O-])C(CC3=[N+](CC)c4ccccc4CC3)C(=O)C2=O)C=Cc2ccccc21. The van der Waals surface area contributed by atoms with Gasteiger partial charge in [0.1, 0.15) is 6.54 Å². The van der Waals surface area contributed by atoms with Crippen LogP contribution in [0.25, 0.3) is 6.08 Å². The van der Waals surface area contributed by atoms with Crippen molar-refractivity contribution in [1.29, 1.82) is 0 Å². The van der Waals surface area contributed by atoms with Crippen molar-refractivity contribution in [2.45, 2.75) is 33.1 Å². The number of aryl methyl sites for hydroxylation is 1. The van der Waals surface area contributed by atoms with Gasteiger partial charge in [-0.05, 0) is 44.1 Å². The van der Waals surface area contributed by atoms with Gasteiger partial charge in [-0.25, -0.2) is 0 Å². The number of fused-ring (bicyclic) bond motifs is 2. The number of para-hydroxylation sites is 2. The van der Waals surface area contributed by atoms with E-state index in [9.17, 15) is 14.7 Å². The van der Waals surface area contributed by atoms with Crippen LogP contribution in [-0.2, 0) is 16.0 Å². The summed E-state index contributed by atoms with van der Waals surface area (Å²) in [6, 6.07) is 16.2. The Kier molecular flexibility index (Phi) is 5.78. The molecule has 0 N–H and O–H groups in total. The lowest BCUT2D eigenvalue weighted by Gasteiger charge is -2.29. The van der Waals surface area contributed by atoms with Gasteiger partial charge >= 0.3 is 0 Å². The third kappa shape index (κ3) is 3.61. The number of Topliss-reactive ketones (excluding diaryl/α,β-unsaturated/α-hetero) is 2. The van der Waals surface area contributed by atoms with Gasteiger partial charge in [0.2, 0.25) is 17.3 Å². The van der Waals surface area contributed by atoms with Crippen molar-refractivity contribution in [1.82, 2.24) is 0 Å². The Morgan fingerprint density at radius 2 is 1.79 bits per heavy atom. The molecule has 1 unspecified atom stereocenters. The van der Waals surface area contributed by atoms with E-state index in [1.165, 1.54) is 5.56 Å². The maximum absolute atomic E-state index is 13.4. The zero-order chi connectivity index (χ0) is 23.8. The first-order valence-electron chi connectivity index (χ1n) is 12.0. The first-order valence-corrected chi connectivity index (χ1v) is 12.0. The number of hydrogen-bond donors (Lipinski definition) is 0. The molecule has 172 valence electrons. The van der Waals surface area contributed by atoms with Crippen LogP contribution in [0.4, 0.5) is 11.4 Å². The Labute approximate surface area is 200 Å². The first-order chi connectivity index (χ1) is 16.5. The quantitative estimate of drug-likeness (QED) is 0.509. The Hall–Kier alpha value is -3.73. The minimum Gasteiger partial charge on any atom is -0.874 e. The van der Waals surface area contributed by atoms with Gasteiger partial charge in [0, 0.05) is 53.9 Å². The molecule has 0 aromatic heterocycles. The van der Waals surface area contributed by atoms with Crippen molar-refractivity contribution < 1.29 is 19.3 Å². The number of hydrogen-bond acceptors (Lipinski definition) is 4. The van der Waals surface area contributed by atoms with E-state index in [0.717, 1.165) is 47.7 Å². The van der Waals surface area contributed by atoms with Crippen LogP contribution in [0.15, 0.2) is 77.7 Å². The van der Waals surface area contributed by atoms with Crippen LogP contribution >= 0.6 is 0 Å². The maximum atomic E-state index is 13.4. The molecule has 1 atom stereocenters. The molecule has 0 saturated heterocycles. The third-order valence-electron chi connectivity index (χ3n) is 7.05. The van der Waals surface area contributed by atoms with E-state index in [1.54, 1.807) is 6.08 Å². The number of ketones is 2. The molecule has 2 aliphatic heterocycles. The van der Waals surface area contributed by atoms with Crippen LogP contribution in [0.5, 0.6) is 0 Å². The number of nitrogens with zero attached hydrogens (tertiary/aromatic N) is 2. The second-order valence-electron chi connectivity index (χ2n) is 8.87. The zero-order valence-electron chi connectivity index (χ0n) is 19.6. The summed E-state index contributed by atoms with van der Waals surface area (Å²) in [6.07, 6.45) is 7.46. The smallest absolute Gasteiger partial charge is 0.228 e. The molecule has 34 heavy (non-hydrogen) atoms. The fourth-order valence-corrected chi connectivity index (χ4v) is 5.35. The van der Waals surface area contributed by atoms with E-state index in [-0.39, 0.29) is 11.3 Å². The van der Waals surface area contributed by atoms with Gasteiger partial charge in [0.25, 0.3) is 0 Å². The monoisotopic (exact) mass is 452 g/mol. The van der Waals surface area contributed by atoms with Crippen molar-refractivity contribution in [2.75, 3.05) is 18.0 Å². The van der Waals surface area contributed by atoms with E-state index in [4.69, 9.17) is 0 Å². The molecule has 0 saturated carbocycles. The van der Waals surface area contributed by atoms with Crippen molar-refractivity contribution in [2.24, 2.45) is 5.92 Å². The lowest BCUT2D eigenvalue weighted by atomic mass is 9.92. The number of carbonyl (C=O) groups is 2. The molecule has 0 spiro atoms. The zero-order valence-corrected chi connectivity index (χ0v) is 19.6. The second-order valence-corrected chi connectivity index (χ2v) is 8.87. The Balaban J connectivity index is 1.50. The lowest BCUT2D eigenvalue weighted by Crippen LogP contribution is -2.30. The molecule has 5 heteroatoms. The summed E-state index contributed by atoms with van der Waals surface area (Å²) in [4.78, 5) is 27.9. The summed E-state index contributed by atoms with van der Waals surface area (Å²) in [5.41, 5.74) is 6.32. The van der Waals surface area contributed by atoms with Gasteiger partial charge in [-0.2, -0.15) is 4.58 Å². The van der Waals surface area contributed by atoms with E-state index in [2.05, 4.69) is 28.5 Å². The van der Waals surface area contributed by atoms with E-state index in [1.807, 2.05) is 55.5 Å². The molecule has 5 nitrogen and oxygen atoms in total. The van der Waals surface area contributed by atoms with Crippen molar-refractivity contribution in [3.05, 3.63) is 88.8 Å². The van der Waals surface area contributed by atoms with Crippen molar-refractivity contribution >= 4 is 34.7 Å². The molecule has 0 radical (unpaired) electrons. The largest absolute Gasteiger partial charge is 0.874 e. The topological polar surface area (TPSA) is 63.4 Å². The van der Waals surface area contributed by atoms with Gasteiger partial charge in [-0.15, -0.1) is 5.76 Å². The summed E-state index contributed by atoms with van der Waals surface area (Å²) < 4.78 is 2.19. The Morgan fingerprint density at radius 3 is 2.59 bits per heavy atom.